The van der Waals surface area contributed by atoms with Gasteiger partial charge in [-0.2, -0.15) is 0 Å². The number of aliphatic carboxylic acids is 1. The molecule has 5 nitrogen and oxygen atoms in total. The smallest absolute Gasteiger partial charge is 0.309 e. The number of carbonyl (C=O) groups excluding carboxylic acids is 1. The molecule has 0 aliphatic rings. The predicted molar refractivity (Wildman–Crippen MR) is 56.9 cm³/mol. The van der Waals surface area contributed by atoms with Gasteiger partial charge in [0.2, 0.25) is 5.91 Å². The molecule has 0 saturated carbocycles. The molecule has 82 valence electrons. The molecule has 0 aromatic carbocycles. The number of carboxylic acids is 1. The summed E-state index contributed by atoms with van der Waals surface area (Å²) in [4.78, 5) is 25.6. The number of hydrogen-bond acceptors (Lipinski definition) is 4. The number of anilines is 1. The number of nitrogens with zero attached hydrogens (tertiary/aromatic N) is 1. The second kappa shape index (κ2) is 4.88. The quantitative estimate of drug-likeness (QED) is 0.815. The number of thiazole rings is 1. The number of hydrogen-bond donors (Lipinski definition) is 2. The van der Waals surface area contributed by atoms with Crippen molar-refractivity contribution in [3.8, 4) is 0 Å². The Balaban J connectivity index is 2.60. The first kappa shape index (κ1) is 11.6. The fourth-order valence-corrected chi connectivity index (χ4v) is 1.56. The summed E-state index contributed by atoms with van der Waals surface area (Å²) in [6, 6.07) is 0. The Bertz CT molecular complexity index is 373. The van der Waals surface area contributed by atoms with Crippen LogP contribution in [-0.4, -0.2) is 22.0 Å². The third-order valence-corrected chi connectivity index (χ3v) is 2.45. The Labute approximate surface area is 91.1 Å². The van der Waals surface area contributed by atoms with Crippen LogP contribution in [-0.2, 0) is 16.0 Å². The van der Waals surface area contributed by atoms with E-state index in [4.69, 9.17) is 5.11 Å². The molecule has 1 aromatic rings. The van der Waals surface area contributed by atoms with Gasteiger partial charge in [0.15, 0.2) is 5.13 Å². The van der Waals surface area contributed by atoms with Crippen molar-refractivity contribution in [1.82, 2.24) is 4.98 Å². The van der Waals surface area contributed by atoms with Crippen molar-refractivity contribution < 1.29 is 14.7 Å². The summed E-state index contributed by atoms with van der Waals surface area (Å²) in [7, 11) is 0. The van der Waals surface area contributed by atoms with Crippen molar-refractivity contribution in [2.45, 2.75) is 20.3 Å². The minimum absolute atomic E-state index is 0.114. The third-order valence-electron chi connectivity index (χ3n) is 1.64. The van der Waals surface area contributed by atoms with Crippen LogP contribution in [0, 0.1) is 5.92 Å². The summed E-state index contributed by atoms with van der Waals surface area (Å²) in [5.41, 5.74) is 0.464. The van der Waals surface area contributed by atoms with E-state index in [1.54, 1.807) is 19.2 Å². The second-order valence-electron chi connectivity index (χ2n) is 3.36. The largest absolute Gasteiger partial charge is 0.481 e. The average Bonchev–Trinajstić information content (AvgIpc) is 2.51. The first-order valence-corrected chi connectivity index (χ1v) is 5.34. The van der Waals surface area contributed by atoms with Crippen molar-refractivity contribution in [2.24, 2.45) is 5.92 Å². The number of nitrogens with one attached hydrogen (secondary N) is 1. The number of carbonyl (C=O) groups is 2. The average molecular weight is 228 g/mol. The SMILES string of the molecule is CC(C)C(=O)Nc1nc(CC(=O)O)cs1. The van der Waals surface area contributed by atoms with Crippen LogP contribution in [0.3, 0.4) is 0 Å². The van der Waals surface area contributed by atoms with Gasteiger partial charge in [0.1, 0.15) is 0 Å². The zero-order chi connectivity index (χ0) is 11.4. The minimum Gasteiger partial charge on any atom is -0.481 e. The van der Waals surface area contributed by atoms with E-state index in [2.05, 4.69) is 10.3 Å². The molecular weight excluding hydrogens is 216 g/mol. The van der Waals surface area contributed by atoms with Crippen LogP contribution in [0.25, 0.3) is 0 Å². The summed E-state index contributed by atoms with van der Waals surface area (Å²) in [6.07, 6.45) is -0.117. The normalized spacial score (nSPS) is 10.3. The van der Waals surface area contributed by atoms with Crippen LogP contribution in [0.15, 0.2) is 5.38 Å². The molecule has 0 unspecified atom stereocenters. The first-order chi connectivity index (χ1) is 6.99. The maximum atomic E-state index is 11.3. The van der Waals surface area contributed by atoms with Gasteiger partial charge in [-0.1, -0.05) is 13.8 Å². The van der Waals surface area contributed by atoms with E-state index in [9.17, 15) is 9.59 Å². The summed E-state index contributed by atoms with van der Waals surface area (Å²) in [5.74, 6) is -1.16. The second-order valence-corrected chi connectivity index (χ2v) is 4.22. The van der Waals surface area contributed by atoms with Gasteiger partial charge >= 0.3 is 5.97 Å². The van der Waals surface area contributed by atoms with Crippen molar-refractivity contribution >= 4 is 28.3 Å². The fraction of sp³-hybridized carbons (Fsp3) is 0.444. The van der Waals surface area contributed by atoms with E-state index >= 15 is 0 Å². The Morgan fingerprint density at radius 2 is 2.27 bits per heavy atom. The number of rotatable bonds is 4. The van der Waals surface area contributed by atoms with Crippen molar-refractivity contribution in [1.29, 1.82) is 0 Å². The Hall–Kier alpha value is -1.43. The van der Waals surface area contributed by atoms with Crippen LogP contribution in [0.1, 0.15) is 19.5 Å². The topological polar surface area (TPSA) is 79.3 Å². The van der Waals surface area contributed by atoms with Crippen molar-refractivity contribution in [2.75, 3.05) is 5.32 Å². The number of aromatic nitrogens is 1. The molecule has 1 rings (SSSR count). The third kappa shape index (κ3) is 3.67. The summed E-state index contributed by atoms with van der Waals surface area (Å²) in [6.45, 7) is 3.56. The van der Waals surface area contributed by atoms with Gasteiger partial charge in [-0.25, -0.2) is 4.98 Å². The Morgan fingerprint density at radius 1 is 1.60 bits per heavy atom. The molecule has 2 N–H and O–H groups in total. The highest BCUT2D eigenvalue weighted by molar-refractivity contribution is 7.13. The highest BCUT2D eigenvalue weighted by Gasteiger charge is 2.10. The molecule has 0 aliphatic carbocycles. The lowest BCUT2D eigenvalue weighted by Gasteiger charge is -2.02. The van der Waals surface area contributed by atoms with Crippen LogP contribution in [0.2, 0.25) is 0 Å². The maximum absolute atomic E-state index is 11.3. The zero-order valence-electron chi connectivity index (χ0n) is 8.48. The Kier molecular flexibility index (Phi) is 3.79. The lowest BCUT2D eigenvalue weighted by atomic mass is 10.2. The van der Waals surface area contributed by atoms with E-state index in [1.807, 2.05) is 0 Å². The molecule has 6 heteroatoms. The van der Waals surface area contributed by atoms with E-state index in [1.165, 1.54) is 11.3 Å². The van der Waals surface area contributed by atoms with Gasteiger partial charge < -0.3 is 10.4 Å². The summed E-state index contributed by atoms with van der Waals surface area (Å²) < 4.78 is 0. The molecule has 1 aromatic heterocycles. The van der Waals surface area contributed by atoms with E-state index < -0.39 is 5.97 Å². The van der Waals surface area contributed by atoms with Gasteiger partial charge in [0.25, 0.3) is 0 Å². The highest BCUT2D eigenvalue weighted by Crippen LogP contribution is 2.16. The molecule has 0 saturated heterocycles. The van der Waals surface area contributed by atoms with E-state index in [-0.39, 0.29) is 18.2 Å². The standard InChI is InChI=1S/C9H12N2O3S/c1-5(2)8(14)11-9-10-6(4-15-9)3-7(12)13/h4-5H,3H2,1-2H3,(H,12,13)(H,10,11,14). The molecule has 0 radical (unpaired) electrons. The van der Waals surface area contributed by atoms with Gasteiger partial charge in [-0.05, 0) is 0 Å². The van der Waals surface area contributed by atoms with Crippen LogP contribution < -0.4 is 5.32 Å². The van der Waals surface area contributed by atoms with Crippen LogP contribution >= 0.6 is 11.3 Å². The van der Waals surface area contributed by atoms with Gasteiger partial charge in [0, 0.05) is 11.3 Å². The summed E-state index contributed by atoms with van der Waals surface area (Å²) in [5, 5.41) is 13.2. The molecule has 0 aliphatic heterocycles. The van der Waals surface area contributed by atoms with Crippen LogP contribution in [0.4, 0.5) is 5.13 Å². The summed E-state index contributed by atoms with van der Waals surface area (Å²) >= 11 is 1.23. The zero-order valence-corrected chi connectivity index (χ0v) is 9.30. The lowest BCUT2D eigenvalue weighted by Crippen LogP contribution is -2.17. The minimum atomic E-state index is -0.929. The monoisotopic (exact) mass is 228 g/mol. The molecule has 0 fully saturated rings. The maximum Gasteiger partial charge on any atom is 0.309 e. The van der Waals surface area contributed by atoms with Gasteiger partial charge in [-0.3, -0.25) is 9.59 Å². The van der Waals surface area contributed by atoms with Crippen molar-refractivity contribution in [3.05, 3.63) is 11.1 Å². The highest BCUT2D eigenvalue weighted by atomic mass is 32.1. The number of carboxylic acid groups (broad SMARTS) is 1. The predicted octanol–water partition coefficient (Wildman–Crippen LogP) is 1.36. The van der Waals surface area contributed by atoms with Crippen LogP contribution in [0.5, 0.6) is 0 Å². The lowest BCUT2D eigenvalue weighted by molar-refractivity contribution is -0.136. The van der Waals surface area contributed by atoms with Gasteiger partial charge in [0.05, 0.1) is 12.1 Å². The van der Waals surface area contributed by atoms with Gasteiger partial charge in [-0.15, -0.1) is 11.3 Å². The molecule has 1 heterocycles. The van der Waals surface area contributed by atoms with E-state index in [0.717, 1.165) is 0 Å². The number of amides is 1. The molecule has 0 atom stereocenters. The molecule has 0 bridgehead atoms. The molecule has 15 heavy (non-hydrogen) atoms. The fourth-order valence-electron chi connectivity index (χ4n) is 0.850. The van der Waals surface area contributed by atoms with Crippen molar-refractivity contribution in [3.63, 3.8) is 0 Å². The molecular formula is C9H12N2O3S. The van der Waals surface area contributed by atoms with E-state index in [0.29, 0.717) is 10.8 Å². The first-order valence-electron chi connectivity index (χ1n) is 4.46. The molecule has 0 spiro atoms. The molecule has 1 amide bonds. The Morgan fingerprint density at radius 3 is 2.80 bits per heavy atom.